The van der Waals surface area contributed by atoms with Gasteiger partial charge in [0.05, 0.1) is 0 Å². The Kier molecular flexibility index (Phi) is 97.4. The van der Waals surface area contributed by atoms with Crippen molar-refractivity contribution in [1.82, 2.24) is 0 Å². The minimum Gasteiger partial charge on any atom is -0.371 e. The third-order valence-electron chi connectivity index (χ3n) is 0.129. The monoisotopic (exact) mass is 183 g/mol. The number of aliphatic hydroxyl groups excluding tert-OH is 1. The van der Waals surface area contributed by atoms with Crippen molar-refractivity contribution >= 4 is 0 Å². The summed E-state index contributed by atoms with van der Waals surface area (Å²) in [4.78, 5) is 0. The van der Waals surface area contributed by atoms with Gasteiger partial charge in [-0.3, -0.25) is 0 Å². The smallest absolute Gasteiger partial charge is 0.143 e. The van der Waals surface area contributed by atoms with E-state index in [-0.39, 0.29) is 54.4 Å². The van der Waals surface area contributed by atoms with Crippen LogP contribution in [0.1, 0.15) is 14.9 Å². The standard InChI is InChI=1S/C2H6O2.2CH4.Y/c1-4-2-3;;;/h3H,2H2,1H3;2*1H4;. The fourth-order valence-corrected chi connectivity index (χ4v) is 0. The van der Waals surface area contributed by atoms with Gasteiger partial charge in [0.15, 0.2) is 0 Å². The number of aliphatic hydroxyl groups is 1. The van der Waals surface area contributed by atoms with Crippen LogP contribution in [0.3, 0.4) is 0 Å². The number of hydrogen-bond donors (Lipinski definition) is 1. The van der Waals surface area contributed by atoms with Gasteiger partial charge in [0.25, 0.3) is 0 Å². The van der Waals surface area contributed by atoms with Gasteiger partial charge < -0.3 is 9.84 Å². The Labute approximate surface area is 71.1 Å². The van der Waals surface area contributed by atoms with E-state index in [1.54, 1.807) is 0 Å². The molecule has 0 aromatic carbocycles. The molecule has 0 saturated carbocycles. The fourth-order valence-electron chi connectivity index (χ4n) is 0. The van der Waals surface area contributed by atoms with E-state index in [1.165, 1.54) is 7.11 Å². The number of methoxy groups -OCH3 is 1. The van der Waals surface area contributed by atoms with Gasteiger partial charge in [0, 0.05) is 39.8 Å². The molecule has 45 valence electrons. The maximum absolute atomic E-state index is 7.65. The summed E-state index contributed by atoms with van der Waals surface area (Å²) >= 11 is 0. The molecule has 0 aliphatic heterocycles. The molecule has 0 saturated heterocycles. The van der Waals surface area contributed by atoms with Crippen molar-refractivity contribution in [2.45, 2.75) is 14.9 Å². The summed E-state index contributed by atoms with van der Waals surface area (Å²) < 4.78 is 4.10. The molecule has 0 fully saturated rings. The number of ether oxygens (including phenoxy) is 1. The van der Waals surface area contributed by atoms with Crippen LogP contribution in [-0.4, -0.2) is 19.0 Å². The van der Waals surface area contributed by atoms with Crippen molar-refractivity contribution in [1.29, 1.82) is 0 Å². The Morgan fingerprint density at radius 2 is 1.57 bits per heavy atom. The van der Waals surface area contributed by atoms with E-state index >= 15 is 0 Å². The molecule has 0 atom stereocenters. The summed E-state index contributed by atoms with van der Waals surface area (Å²) in [5.74, 6) is 0. The zero-order valence-electron chi connectivity index (χ0n) is 3.14. The molecule has 0 unspecified atom stereocenters. The quantitative estimate of drug-likeness (QED) is 0.610. The Morgan fingerprint density at radius 1 is 1.43 bits per heavy atom. The summed E-state index contributed by atoms with van der Waals surface area (Å²) in [6.07, 6.45) is 0. The molecule has 0 aliphatic rings. The molecule has 0 aliphatic carbocycles. The molecular formula is C4H14O2Y. The second kappa shape index (κ2) is 27.9. The van der Waals surface area contributed by atoms with Gasteiger partial charge in [-0.25, -0.2) is 0 Å². The maximum Gasteiger partial charge on any atom is 0.143 e. The Morgan fingerprint density at radius 3 is 1.57 bits per heavy atom. The predicted octanol–water partition coefficient (Wildman–Crippen LogP) is 0.852. The molecule has 2 nitrogen and oxygen atoms in total. The van der Waals surface area contributed by atoms with Crippen molar-refractivity contribution in [3.05, 3.63) is 0 Å². The van der Waals surface area contributed by atoms with Crippen LogP contribution in [0.25, 0.3) is 0 Å². The van der Waals surface area contributed by atoms with E-state index in [0.29, 0.717) is 0 Å². The first-order valence-corrected chi connectivity index (χ1v) is 1.01. The first-order valence-electron chi connectivity index (χ1n) is 1.01. The minimum absolute atomic E-state index is 0. The third-order valence-corrected chi connectivity index (χ3v) is 0.129. The van der Waals surface area contributed by atoms with Crippen LogP contribution in [0.5, 0.6) is 0 Å². The molecule has 0 aromatic heterocycles. The Balaban J connectivity index is -0.0000000150. The normalized spacial score (nSPS) is 4.29. The molecule has 1 radical (unpaired) electrons. The topological polar surface area (TPSA) is 29.5 Å². The largest absolute Gasteiger partial charge is 0.371 e. The summed E-state index contributed by atoms with van der Waals surface area (Å²) in [6.45, 7) is -0.181. The molecule has 1 N–H and O–H groups in total. The summed E-state index contributed by atoms with van der Waals surface area (Å²) in [6, 6.07) is 0. The van der Waals surface area contributed by atoms with Gasteiger partial charge >= 0.3 is 0 Å². The molecule has 0 bridgehead atoms. The molecule has 0 rings (SSSR count). The summed E-state index contributed by atoms with van der Waals surface area (Å²) in [5.41, 5.74) is 0. The van der Waals surface area contributed by atoms with Crippen LogP contribution in [0.2, 0.25) is 0 Å². The van der Waals surface area contributed by atoms with E-state index in [9.17, 15) is 0 Å². The van der Waals surface area contributed by atoms with Crippen LogP contribution in [-0.2, 0) is 37.4 Å². The fraction of sp³-hybridized carbons (Fsp3) is 1.00. The average Bonchev–Trinajstić information content (AvgIpc) is 1.37. The van der Waals surface area contributed by atoms with E-state index in [0.717, 1.165) is 0 Å². The van der Waals surface area contributed by atoms with Crippen molar-refractivity contribution < 1.29 is 42.6 Å². The van der Waals surface area contributed by atoms with Crippen LogP contribution in [0.4, 0.5) is 0 Å². The van der Waals surface area contributed by atoms with Crippen LogP contribution < -0.4 is 0 Å². The van der Waals surface area contributed by atoms with E-state index in [1.807, 2.05) is 0 Å². The minimum atomic E-state index is -0.181. The first-order chi connectivity index (χ1) is 1.91. The van der Waals surface area contributed by atoms with Crippen molar-refractivity contribution in [3.8, 4) is 0 Å². The average molecular weight is 183 g/mol. The molecule has 0 amide bonds. The van der Waals surface area contributed by atoms with Crippen LogP contribution in [0, 0.1) is 0 Å². The van der Waals surface area contributed by atoms with Gasteiger partial charge in [-0.2, -0.15) is 0 Å². The van der Waals surface area contributed by atoms with Gasteiger partial charge in [-0.15, -0.1) is 0 Å². The van der Waals surface area contributed by atoms with Crippen molar-refractivity contribution in [2.75, 3.05) is 13.9 Å². The molecule has 0 spiro atoms. The van der Waals surface area contributed by atoms with Gasteiger partial charge in [-0.1, -0.05) is 14.9 Å². The molecule has 7 heavy (non-hydrogen) atoms. The Hall–Kier alpha value is 1.02. The van der Waals surface area contributed by atoms with E-state index in [2.05, 4.69) is 4.74 Å². The second-order valence-electron chi connectivity index (χ2n) is 0.418. The molecule has 0 aromatic rings. The van der Waals surface area contributed by atoms with E-state index < -0.39 is 0 Å². The third kappa shape index (κ3) is 43.3. The zero-order chi connectivity index (χ0) is 3.41. The van der Waals surface area contributed by atoms with Crippen molar-refractivity contribution in [2.24, 2.45) is 0 Å². The first kappa shape index (κ1) is 24.4. The molecule has 0 heterocycles. The molecular weight excluding hydrogens is 169 g/mol. The summed E-state index contributed by atoms with van der Waals surface area (Å²) in [5, 5.41) is 7.65. The number of hydrogen-bond acceptors (Lipinski definition) is 2. The zero-order valence-corrected chi connectivity index (χ0v) is 5.98. The van der Waals surface area contributed by atoms with Gasteiger partial charge in [0.2, 0.25) is 0 Å². The maximum atomic E-state index is 7.65. The van der Waals surface area contributed by atoms with Crippen LogP contribution in [0.15, 0.2) is 0 Å². The van der Waals surface area contributed by atoms with Gasteiger partial charge in [0.1, 0.15) is 6.79 Å². The van der Waals surface area contributed by atoms with Crippen LogP contribution >= 0.6 is 0 Å². The van der Waals surface area contributed by atoms with Crippen molar-refractivity contribution in [3.63, 3.8) is 0 Å². The number of rotatable bonds is 1. The predicted molar refractivity (Wildman–Crippen MR) is 27.6 cm³/mol. The second-order valence-corrected chi connectivity index (χ2v) is 0.418. The summed E-state index contributed by atoms with van der Waals surface area (Å²) in [7, 11) is 1.43. The van der Waals surface area contributed by atoms with Gasteiger partial charge in [-0.05, 0) is 0 Å². The SMILES string of the molecule is C.C.COCO.[Y]. The molecule has 3 heteroatoms. The van der Waals surface area contributed by atoms with E-state index in [4.69, 9.17) is 5.11 Å². The Bertz CT molecular complexity index is 11.7.